The Labute approximate surface area is 183 Å². The predicted molar refractivity (Wildman–Crippen MR) is 126 cm³/mol. The Hall–Kier alpha value is -2.67. The Morgan fingerprint density at radius 3 is 2.70 bits per heavy atom. The van der Waals surface area contributed by atoms with Gasteiger partial charge in [0, 0.05) is 29.6 Å². The molecule has 3 aromatic heterocycles. The lowest BCUT2D eigenvalue weighted by Crippen LogP contribution is -2.12. The summed E-state index contributed by atoms with van der Waals surface area (Å²) in [7, 11) is 0. The van der Waals surface area contributed by atoms with Gasteiger partial charge in [-0.3, -0.25) is 0 Å². The Balaban J connectivity index is 1.75. The van der Waals surface area contributed by atoms with E-state index in [1.165, 1.54) is 0 Å². The number of hydrogen-bond donors (Lipinski definition) is 1. The fourth-order valence-corrected chi connectivity index (χ4v) is 3.76. The van der Waals surface area contributed by atoms with Gasteiger partial charge in [-0.25, -0.2) is 14.6 Å². The molecule has 0 radical (unpaired) electrons. The van der Waals surface area contributed by atoms with Crippen LogP contribution in [0, 0.1) is 6.92 Å². The molecular weight excluding hydrogens is 392 g/mol. The fraction of sp³-hybridized carbons (Fsp3) is 0.435. The number of nitrogens with one attached hydrogen (secondary N) is 1. The van der Waals surface area contributed by atoms with Gasteiger partial charge in [-0.05, 0) is 33.3 Å². The van der Waals surface area contributed by atoms with Crippen LogP contribution in [0.25, 0.3) is 5.57 Å². The summed E-state index contributed by atoms with van der Waals surface area (Å²) in [6, 6.07) is 2.35. The molecule has 0 saturated carbocycles. The number of imidazole rings is 1. The molecule has 0 spiro atoms. The molecule has 0 aromatic carbocycles. The van der Waals surface area contributed by atoms with Crippen LogP contribution in [0.1, 0.15) is 64.7 Å². The van der Waals surface area contributed by atoms with Gasteiger partial charge in [0.25, 0.3) is 0 Å². The van der Waals surface area contributed by atoms with Crippen LogP contribution >= 0.6 is 11.3 Å². The lowest BCUT2D eigenvalue weighted by Gasteiger charge is -2.13. The van der Waals surface area contributed by atoms with Gasteiger partial charge in [-0.2, -0.15) is 5.10 Å². The quantitative estimate of drug-likeness (QED) is 0.464. The molecule has 30 heavy (non-hydrogen) atoms. The molecule has 0 fully saturated rings. The van der Waals surface area contributed by atoms with Crippen molar-refractivity contribution in [1.29, 1.82) is 0 Å². The Morgan fingerprint density at radius 1 is 1.33 bits per heavy atom. The minimum Gasteiger partial charge on any atom is -0.331 e. The number of allylic oxidation sites excluding steroid dienone is 4. The molecule has 0 aliphatic rings. The molecule has 3 heterocycles. The predicted octanol–water partition coefficient (Wildman–Crippen LogP) is 6.13. The summed E-state index contributed by atoms with van der Waals surface area (Å²) in [4.78, 5) is 9.11. The number of anilines is 2. The lowest BCUT2D eigenvalue weighted by molar-refractivity contribution is 0.542. The van der Waals surface area contributed by atoms with Gasteiger partial charge in [0.2, 0.25) is 0 Å². The van der Waals surface area contributed by atoms with Crippen LogP contribution in [0.4, 0.5) is 10.9 Å². The summed E-state index contributed by atoms with van der Waals surface area (Å²) in [5.41, 5.74) is 4.18. The zero-order valence-corrected chi connectivity index (χ0v) is 19.8. The first kappa shape index (κ1) is 22.0. The van der Waals surface area contributed by atoms with E-state index in [1.807, 2.05) is 24.9 Å². The van der Waals surface area contributed by atoms with Crippen LogP contribution in [0.2, 0.25) is 0 Å². The van der Waals surface area contributed by atoms with Crippen LogP contribution < -0.4 is 5.32 Å². The lowest BCUT2D eigenvalue weighted by atomic mass is 9.92. The molecule has 6 nitrogen and oxygen atoms in total. The van der Waals surface area contributed by atoms with Crippen molar-refractivity contribution in [3.8, 4) is 0 Å². The summed E-state index contributed by atoms with van der Waals surface area (Å²) in [5, 5.41) is 11.1. The average Bonchev–Trinajstić information content (AvgIpc) is 3.42. The second kappa shape index (κ2) is 9.00. The molecule has 1 atom stereocenters. The van der Waals surface area contributed by atoms with E-state index in [-0.39, 0.29) is 11.5 Å². The number of aromatic nitrogens is 5. The van der Waals surface area contributed by atoms with Crippen LogP contribution in [-0.2, 0) is 12.0 Å². The van der Waals surface area contributed by atoms with Crippen LogP contribution in [0.15, 0.2) is 42.2 Å². The largest absolute Gasteiger partial charge is 0.331 e. The third kappa shape index (κ3) is 5.08. The molecule has 3 rings (SSSR count). The number of aryl methyl sites for hydroxylation is 2. The second-order valence-electron chi connectivity index (χ2n) is 8.45. The maximum absolute atomic E-state index is 4.81. The maximum atomic E-state index is 4.81. The maximum Gasteiger partial charge on any atom is 0.188 e. The van der Waals surface area contributed by atoms with Crippen molar-refractivity contribution in [2.45, 2.75) is 66.5 Å². The molecule has 160 valence electrons. The number of nitrogens with zero attached hydrogens (tertiary/aromatic N) is 5. The number of hydrogen-bond acceptors (Lipinski definition) is 5. The van der Waals surface area contributed by atoms with E-state index in [1.54, 1.807) is 11.3 Å². The SMILES string of the molecule is C/C=C(\C=C/[C@H](C)n1cnc(C)c1)c1csc(Nc2cc(C(C)(C)C)nn2CC)n1. The number of rotatable bonds is 7. The zero-order valence-electron chi connectivity index (χ0n) is 19.0. The highest BCUT2D eigenvalue weighted by molar-refractivity contribution is 7.13. The molecule has 0 amide bonds. The van der Waals surface area contributed by atoms with Crippen molar-refractivity contribution in [2.24, 2.45) is 0 Å². The second-order valence-corrected chi connectivity index (χ2v) is 9.31. The smallest absolute Gasteiger partial charge is 0.188 e. The van der Waals surface area contributed by atoms with Gasteiger partial charge in [0.15, 0.2) is 5.13 Å². The van der Waals surface area contributed by atoms with Gasteiger partial charge < -0.3 is 9.88 Å². The highest BCUT2D eigenvalue weighted by Gasteiger charge is 2.20. The van der Waals surface area contributed by atoms with Gasteiger partial charge in [-0.1, -0.05) is 39.0 Å². The Morgan fingerprint density at radius 2 is 2.10 bits per heavy atom. The third-order valence-corrected chi connectivity index (χ3v) is 5.71. The third-order valence-electron chi connectivity index (χ3n) is 4.95. The summed E-state index contributed by atoms with van der Waals surface area (Å²) in [6.45, 7) is 15.6. The zero-order chi connectivity index (χ0) is 21.9. The summed E-state index contributed by atoms with van der Waals surface area (Å²) >= 11 is 1.60. The molecule has 0 aliphatic heterocycles. The highest BCUT2D eigenvalue weighted by atomic mass is 32.1. The first-order valence-corrected chi connectivity index (χ1v) is 11.2. The summed E-state index contributed by atoms with van der Waals surface area (Å²) in [6.07, 6.45) is 10.3. The molecule has 7 heteroatoms. The van der Waals surface area contributed by atoms with E-state index >= 15 is 0 Å². The molecule has 0 unspecified atom stereocenters. The normalized spacial score (nSPS) is 13.9. The van der Waals surface area contributed by atoms with Gasteiger partial charge >= 0.3 is 0 Å². The molecular formula is C23H32N6S. The van der Waals surface area contributed by atoms with E-state index in [2.05, 4.69) is 85.4 Å². The molecule has 3 aromatic rings. The van der Waals surface area contributed by atoms with Gasteiger partial charge in [-0.15, -0.1) is 11.3 Å². The monoisotopic (exact) mass is 424 g/mol. The molecule has 0 saturated heterocycles. The minimum absolute atomic E-state index is 0.0122. The summed E-state index contributed by atoms with van der Waals surface area (Å²) in [5.74, 6) is 0.977. The van der Waals surface area contributed by atoms with E-state index < -0.39 is 0 Å². The van der Waals surface area contributed by atoms with E-state index in [4.69, 9.17) is 10.1 Å². The highest BCUT2D eigenvalue weighted by Crippen LogP contribution is 2.29. The van der Waals surface area contributed by atoms with Crippen molar-refractivity contribution in [3.05, 3.63) is 59.3 Å². The summed E-state index contributed by atoms with van der Waals surface area (Å²) < 4.78 is 4.10. The Kier molecular flexibility index (Phi) is 6.61. The van der Waals surface area contributed by atoms with Crippen molar-refractivity contribution in [2.75, 3.05) is 5.32 Å². The fourth-order valence-electron chi connectivity index (χ4n) is 3.03. The van der Waals surface area contributed by atoms with Gasteiger partial charge in [0.05, 0.1) is 29.5 Å². The van der Waals surface area contributed by atoms with Crippen molar-refractivity contribution in [1.82, 2.24) is 24.3 Å². The Bertz CT molecular complexity index is 1040. The minimum atomic E-state index is 0.0122. The van der Waals surface area contributed by atoms with Gasteiger partial charge in [0.1, 0.15) is 5.82 Å². The molecule has 0 bridgehead atoms. The van der Waals surface area contributed by atoms with Crippen molar-refractivity contribution < 1.29 is 0 Å². The molecule has 1 N–H and O–H groups in total. The average molecular weight is 425 g/mol. The topological polar surface area (TPSA) is 60.6 Å². The van der Waals surface area contributed by atoms with Crippen LogP contribution in [0.5, 0.6) is 0 Å². The van der Waals surface area contributed by atoms with Crippen molar-refractivity contribution >= 4 is 27.9 Å². The first-order chi connectivity index (χ1) is 14.2. The van der Waals surface area contributed by atoms with Crippen LogP contribution in [0.3, 0.4) is 0 Å². The van der Waals surface area contributed by atoms with E-state index in [0.717, 1.165) is 40.1 Å². The van der Waals surface area contributed by atoms with Crippen LogP contribution in [-0.4, -0.2) is 24.3 Å². The molecule has 0 aliphatic carbocycles. The number of thiazole rings is 1. The van der Waals surface area contributed by atoms with E-state index in [9.17, 15) is 0 Å². The van der Waals surface area contributed by atoms with E-state index in [0.29, 0.717) is 0 Å². The standard InChI is InChI=1S/C23H32N6S/c1-8-18(11-10-17(4)28-13-16(3)24-15-28)19-14-30-22(25-19)26-21-12-20(23(5,6)7)27-29(21)9-2/h8,10-15,17H,9H2,1-7H3,(H,25,26)/b11-10-,18-8+/t17-/m0/s1. The first-order valence-electron chi connectivity index (χ1n) is 10.4. The van der Waals surface area contributed by atoms with Crippen molar-refractivity contribution in [3.63, 3.8) is 0 Å².